The van der Waals surface area contributed by atoms with Crippen LogP contribution in [0, 0.1) is 0 Å². The lowest BCUT2D eigenvalue weighted by Gasteiger charge is -2.32. The van der Waals surface area contributed by atoms with E-state index in [9.17, 15) is 4.79 Å². The SMILES string of the molecule is CCc1noc([C@@H](C)NC(=O)CCN2CCN(C)CC2)n1. The number of nitrogens with one attached hydrogen (secondary N) is 1. The number of aryl methyl sites for hydroxylation is 1. The van der Waals surface area contributed by atoms with Crippen molar-refractivity contribution in [2.45, 2.75) is 32.7 Å². The van der Waals surface area contributed by atoms with Crippen molar-refractivity contribution < 1.29 is 9.32 Å². The number of aromatic nitrogens is 2. The van der Waals surface area contributed by atoms with Gasteiger partial charge in [-0.05, 0) is 14.0 Å². The van der Waals surface area contributed by atoms with Gasteiger partial charge in [0.15, 0.2) is 5.82 Å². The molecule has 21 heavy (non-hydrogen) atoms. The van der Waals surface area contributed by atoms with Gasteiger partial charge in [-0.1, -0.05) is 12.1 Å². The first-order chi connectivity index (χ1) is 10.1. The molecule has 1 saturated heterocycles. The number of carbonyl (C=O) groups excluding carboxylic acids is 1. The summed E-state index contributed by atoms with van der Waals surface area (Å²) in [6.45, 7) is 8.83. The maximum Gasteiger partial charge on any atom is 0.248 e. The lowest BCUT2D eigenvalue weighted by molar-refractivity contribution is -0.122. The van der Waals surface area contributed by atoms with Crippen molar-refractivity contribution in [3.8, 4) is 0 Å². The van der Waals surface area contributed by atoms with Crippen LogP contribution >= 0.6 is 0 Å². The van der Waals surface area contributed by atoms with Gasteiger partial charge in [0.1, 0.15) is 6.04 Å². The molecule has 1 atom stereocenters. The van der Waals surface area contributed by atoms with E-state index in [2.05, 4.69) is 32.3 Å². The Labute approximate surface area is 125 Å². The van der Waals surface area contributed by atoms with Gasteiger partial charge in [-0.15, -0.1) is 0 Å². The van der Waals surface area contributed by atoms with Crippen molar-refractivity contribution in [2.75, 3.05) is 39.8 Å². The molecule has 0 radical (unpaired) electrons. The Kier molecular flexibility index (Phi) is 5.69. The maximum absolute atomic E-state index is 12.0. The maximum atomic E-state index is 12.0. The first-order valence-corrected chi connectivity index (χ1v) is 7.61. The highest BCUT2D eigenvalue weighted by Crippen LogP contribution is 2.10. The van der Waals surface area contributed by atoms with E-state index in [0.29, 0.717) is 18.1 Å². The van der Waals surface area contributed by atoms with Crippen LogP contribution in [0.3, 0.4) is 0 Å². The summed E-state index contributed by atoms with van der Waals surface area (Å²) < 4.78 is 5.13. The molecule has 1 fully saturated rings. The molecular weight excluding hydrogens is 270 g/mol. The summed E-state index contributed by atoms with van der Waals surface area (Å²) in [6, 6.07) is -0.238. The minimum absolute atomic E-state index is 0.0256. The van der Waals surface area contributed by atoms with Crippen molar-refractivity contribution in [3.05, 3.63) is 11.7 Å². The Morgan fingerprint density at radius 2 is 2.10 bits per heavy atom. The van der Waals surface area contributed by atoms with E-state index < -0.39 is 0 Å². The molecule has 1 N–H and O–H groups in total. The topological polar surface area (TPSA) is 74.5 Å². The molecule has 0 unspecified atom stereocenters. The van der Waals surface area contributed by atoms with Crippen molar-refractivity contribution >= 4 is 5.91 Å². The van der Waals surface area contributed by atoms with Crippen LogP contribution in [0.1, 0.15) is 38.0 Å². The average Bonchev–Trinajstić information content (AvgIpc) is 2.96. The molecule has 0 spiro atoms. The average molecular weight is 295 g/mol. The van der Waals surface area contributed by atoms with Crippen LogP contribution in [0.5, 0.6) is 0 Å². The third kappa shape index (κ3) is 4.78. The number of nitrogens with zero attached hydrogens (tertiary/aromatic N) is 4. The zero-order valence-electron chi connectivity index (χ0n) is 13.1. The van der Waals surface area contributed by atoms with Gasteiger partial charge in [0.05, 0.1) is 0 Å². The third-order valence-corrected chi connectivity index (χ3v) is 3.80. The Balaban J connectivity index is 1.71. The molecule has 1 aliphatic rings. The number of hydrogen-bond acceptors (Lipinski definition) is 6. The fourth-order valence-electron chi connectivity index (χ4n) is 2.29. The molecule has 1 aliphatic heterocycles. The summed E-state index contributed by atoms with van der Waals surface area (Å²) in [7, 11) is 2.13. The second-order valence-corrected chi connectivity index (χ2v) is 5.59. The summed E-state index contributed by atoms with van der Waals surface area (Å²) in [6.07, 6.45) is 1.23. The normalized spacial score (nSPS) is 18.6. The number of hydrogen-bond donors (Lipinski definition) is 1. The quantitative estimate of drug-likeness (QED) is 0.821. The second kappa shape index (κ2) is 7.51. The lowest BCUT2D eigenvalue weighted by Crippen LogP contribution is -2.45. The van der Waals surface area contributed by atoms with Crippen LogP contribution in [-0.4, -0.2) is 65.6 Å². The largest absolute Gasteiger partial charge is 0.345 e. The van der Waals surface area contributed by atoms with Crippen molar-refractivity contribution in [1.82, 2.24) is 25.3 Å². The first-order valence-electron chi connectivity index (χ1n) is 7.61. The molecule has 7 nitrogen and oxygen atoms in total. The zero-order valence-corrected chi connectivity index (χ0v) is 13.1. The number of piperazine rings is 1. The van der Waals surface area contributed by atoms with Gasteiger partial charge >= 0.3 is 0 Å². The zero-order chi connectivity index (χ0) is 15.2. The lowest BCUT2D eigenvalue weighted by atomic mass is 10.2. The molecule has 2 rings (SSSR count). The highest BCUT2D eigenvalue weighted by atomic mass is 16.5. The Morgan fingerprint density at radius 3 is 2.71 bits per heavy atom. The van der Waals surface area contributed by atoms with Crippen LogP contribution in [0.2, 0.25) is 0 Å². The number of amides is 1. The molecule has 118 valence electrons. The van der Waals surface area contributed by atoms with Crippen LogP contribution in [0.25, 0.3) is 0 Å². The number of likely N-dealkylation sites (N-methyl/N-ethyl adjacent to an activating group) is 1. The van der Waals surface area contributed by atoms with Crippen LogP contribution in [0.15, 0.2) is 4.52 Å². The predicted molar refractivity (Wildman–Crippen MR) is 78.8 cm³/mol. The molecule has 2 heterocycles. The molecule has 0 aliphatic carbocycles. The van der Waals surface area contributed by atoms with E-state index in [0.717, 1.165) is 39.1 Å². The minimum Gasteiger partial charge on any atom is -0.345 e. The van der Waals surface area contributed by atoms with Gasteiger partial charge in [-0.25, -0.2) is 0 Å². The molecule has 1 aromatic rings. The van der Waals surface area contributed by atoms with Crippen molar-refractivity contribution in [3.63, 3.8) is 0 Å². The van der Waals surface area contributed by atoms with Gasteiger partial charge in [0, 0.05) is 45.6 Å². The van der Waals surface area contributed by atoms with Crippen LogP contribution in [-0.2, 0) is 11.2 Å². The van der Waals surface area contributed by atoms with Crippen molar-refractivity contribution in [1.29, 1.82) is 0 Å². The molecule has 0 aromatic carbocycles. The highest BCUT2D eigenvalue weighted by Gasteiger charge is 2.18. The Bertz CT molecular complexity index is 454. The van der Waals surface area contributed by atoms with E-state index in [1.165, 1.54) is 0 Å². The van der Waals surface area contributed by atoms with Crippen LogP contribution < -0.4 is 5.32 Å². The molecule has 1 aromatic heterocycles. The molecular formula is C14H25N5O2. The standard InChI is InChI=1S/C14H25N5O2/c1-4-12-16-14(21-17-12)11(2)15-13(20)5-6-19-9-7-18(3)8-10-19/h11H,4-10H2,1-3H3,(H,15,20)/t11-/m1/s1. The van der Waals surface area contributed by atoms with E-state index in [1.807, 2.05) is 13.8 Å². The molecule has 7 heteroatoms. The van der Waals surface area contributed by atoms with Gasteiger partial charge in [0.25, 0.3) is 0 Å². The van der Waals surface area contributed by atoms with E-state index in [1.54, 1.807) is 0 Å². The van der Waals surface area contributed by atoms with Gasteiger partial charge < -0.3 is 19.6 Å². The number of rotatable bonds is 6. The van der Waals surface area contributed by atoms with Crippen molar-refractivity contribution in [2.24, 2.45) is 0 Å². The van der Waals surface area contributed by atoms with Gasteiger partial charge in [-0.2, -0.15) is 4.98 Å². The smallest absolute Gasteiger partial charge is 0.248 e. The highest BCUT2D eigenvalue weighted by molar-refractivity contribution is 5.76. The first kappa shape index (κ1) is 15.9. The summed E-state index contributed by atoms with van der Waals surface area (Å²) >= 11 is 0. The second-order valence-electron chi connectivity index (χ2n) is 5.59. The molecule has 1 amide bonds. The van der Waals surface area contributed by atoms with Gasteiger partial charge in [0.2, 0.25) is 11.8 Å². The fourth-order valence-corrected chi connectivity index (χ4v) is 2.29. The molecule has 0 bridgehead atoms. The third-order valence-electron chi connectivity index (χ3n) is 3.80. The summed E-state index contributed by atoms with van der Waals surface area (Å²) in [5.41, 5.74) is 0. The Morgan fingerprint density at radius 1 is 1.38 bits per heavy atom. The van der Waals surface area contributed by atoms with E-state index in [4.69, 9.17) is 4.52 Å². The van der Waals surface area contributed by atoms with Gasteiger partial charge in [-0.3, -0.25) is 4.79 Å². The monoisotopic (exact) mass is 295 g/mol. The van der Waals surface area contributed by atoms with E-state index >= 15 is 0 Å². The summed E-state index contributed by atoms with van der Waals surface area (Å²) in [5, 5.41) is 6.75. The van der Waals surface area contributed by atoms with E-state index in [-0.39, 0.29) is 11.9 Å². The fraction of sp³-hybridized carbons (Fsp3) is 0.786. The summed E-state index contributed by atoms with van der Waals surface area (Å²) in [5.74, 6) is 1.17. The number of carbonyl (C=O) groups is 1. The summed E-state index contributed by atoms with van der Waals surface area (Å²) in [4.78, 5) is 20.8. The molecule has 0 saturated carbocycles. The Hall–Kier alpha value is -1.47. The van der Waals surface area contributed by atoms with Crippen LogP contribution in [0.4, 0.5) is 0 Å². The predicted octanol–water partition coefficient (Wildman–Crippen LogP) is 0.447. The minimum atomic E-state index is -0.238.